The van der Waals surface area contributed by atoms with Crippen LogP contribution < -0.4 is 0 Å². The predicted molar refractivity (Wildman–Crippen MR) is 106 cm³/mol. The molecule has 158 valence electrons. The lowest BCUT2D eigenvalue weighted by atomic mass is 9.71. The molecule has 0 aromatic heterocycles. The van der Waals surface area contributed by atoms with Gasteiger partial charge >= 0.3 is 11.9 Å². The Hall–Kier alpha value is -1.92. The Morgan fingerprint density at radius 1 is 0.821 bits per heavy atom. The van der Waals surface area contributed by atoms with Crippen LogP contribution in [0, 0.1) is 10.8 Å². The van der Waals surface area contributed by atoms with Crippen LogP contribution in [-0.4, -0.2) is 11.9 Å². The average Bonchev–Trinajstić information content (AvgIpc) is 2.56. The zero-order valence-electron chi connectivity index (χ0n) is 18.5. The van der Waals surface area contributed by atoms with Crippen molar-refractivity contribution >= 4 is 11.9 Å². The molecule has 0 saturated heterocycles. The van der Waals surface area contributed by atoms with Crippen molar-refractivity contribution < 1.29 is 29.4 Å². The topological polar surface area (TPSA) is 71.1 Å². The minimum atomic E-state index is -0.850. The zero-order chi connectivity index (χ0) is 21.8. The Morgan fingerprint density at radius 3 is 1.71 bits per heavy atom. The third-order valence-corrected chi connectivity index (χ3v) is 4.65. The molecular formula is C22H34O6. The van der Waals surface area contributed by atoms with E-state index < -0.39 is 22.8 Å². The van der Waals surface area contributed by atoms with Crippen LogP contribution in [-0.2, 0) is 34.9 Å². The molecule has 0 aliphatic heterocycles. The van der Waals surface area contributed by atoms with E-state index in [2.05, 4.69) is 71.8 Å². The number of benzene rings is 1. The first kappa shape index (κ1) is 24.1. The smallest absolute Gasteiger partial charge is 0.265 e. The quantitative estimate of drug-likeness (QED) is 0.333. The molecule has 0 N–H and O–H groups in total. The lowest BCUT2D eigenvalue weighted by Gasteiger charge is -2.33. The molecule has 1 rings (SSSR count). The lowest BCUT2D eigenvalue weighted by Crippen LogP contribution is -2.34. The summed E-state index contributed by atoms with van der Waals surface area (Å²) in [6.45, 7) is 17.0. The number of hydrogen-bond donors (Lipinski definition) is 0. The lowest BCUT2D eigenvalue weighted by molar-refractivity contribution is -0.602. The van der Waals surface area contributed by atoms with Gasteiger partial charge in [0.25, 0.3) is 0 Å². The van der Waals surface area contributed by atoms with Crippen LogP contribution in [0.15, 0.2) is 24.3 Å². The van der Waals surface area contributed by atoms with E-state index in [0.29, 0.717) is 12.3 Å². The van der Waals surface area contributed by atoms with Crippen LogP contribution >= 0.6 is 0 Å². The molecular weight excluding hydrogens is 360 g/mol. The van der Waals surface area contributed by atoms with Crippen molar-refractivity contribution in [1.82, 2.24) is 0 Å². The molecule has 6 heteroatoms. The van der Waals surface area contributed by atoms with E-state index in [1.54, 1.807) is 34.6 Å². The SMILES string of the molecule is CC(C)c1ccc(C(C)(C)CC(C)(C)C(=O)OOOOC(=O)C(C)(C)C)cc1. The van der Waals surface area contributed by atoms with Crippen molar-refractivity contribution in [3.8, 4) is 0 Å². The molecule has 28 heavy (non-hydrogen) atoms. The first-order chi connectivity index (χ1) is 12.7. The Labute approximate surface area is 168 Å². The van der Waals surface area contributed by atoms with E-state index in [1.165, 1.54) is 5.56 Å². The van der Waals surface area contributed by atoms with Crippen molar-refractivity contribution in [1.29, 1.82) is 0 Å². The highest BCUT2D eigenvalue weighted by molar-refractivity contribution is 5.75. The molecule has 1 aromatic carbocycles. The van der Waals surface area contributed by atoms with Gasteiger partial charge < -0.3 is 0 Å². The Bertz CT molecular complexity index is 665. The molecule has 1 aromatic rings. The van der Waals surface area contributed by atoms with E-state index in [9.17, 15) is 9.59 Å². The summed E-state index contributed by atoms with van der Waals surface area (Å²) in [5, 5.41) is 8.56. The summed E-state index contributed by atoms with van der Waals surface area (Å²) >= 11 is 0. The monoisotopic (exact) mass is 394 g/mol. The number of rotatable bonds is 8. The second-order valence-electron chi connectivity index (χ2n) is 9.85. The van der Waals surface area contributed by atoms with Crippen molar-refractivity contribution in [2.75, 3.05) is 0 Å². The van der Waals surface area contributed by atoms with Gasteiger partial charge in [-0.1, -0.05) is 52.0 Å². The molecule has 6 nitrogen and oxygen atoms in total. The highest BCUT2D eigenvalue weighted by Gasteiger charge is 2.38. The summed E-state index contributed by atoms with van der Waals surface area (Å²) < 4.78 is 0. The standard InChI is InChI=1S/C22H34O6/c1-15(2)16-10-12-17(13-11-16)21(6,7)14-22(8,9)19(24)26-28-27-25-18(23)20(3,4)5/h10-13,15H,14H2,1-9H3. The number of carbonyl (C=O) groups is 2. The van der Waals surface area contributed by atoms with Gasteiger partial charge in [-0.2, -0.15) is 0 Å². The van der Waals surface area contributed by atoms with Crippen molar-refractivity contribution in [3.63, 3.8) is 0 Å². The highest BCUT2D eigenvalue weighted by atomic mass is 17.7. The van der Waals surface area contributed by atoms with Crippen molar-refractivity contribution in [3.05, 3.63) is 35.4 Å². The van der Waals surface area contributed by atoms with Gasteiger partial charge in [-0.15, -0.1) is 0 Å². The third-order valence-electron chi connectivity index (χ3n) is 4.65. The zero-order valence-corrected chi connectivity index (χ0v) is 18.5. The van der Waals surface area contributed by atoms with Crippen LogP contribution in [0.25, 0.3) is 0 Å². The molecule has 0 bridgehead atoms. The first-order valence-corrected chi connectivity index (χ1v) is 9.54. The van der Waals surface area contributed by atoms with E-state index in [0.717, 1.165) is 5.56 Å². The molecule has 0 amide bonds. The van der Waals surface area contributed by atoms with Crippen LogP contribution in [0.5, 0.6) is 0 Å². The summed E-state index contributed by atoms with van der Waals surface area (Å²) in [5.74, 6) is -0.798. The van der Waals surface area contributed by atoms with Crippen molar-refractivity contribution in [2.24, 2.45) is 10.8 Å². The summed E-state index contributed by atoms with van der Waals surface area (Å²) in [4.78, 5) is 33.0. The molecule has 0 spiro atoms. The van der Waals surface area contributed by atoms with Gasteiger partial charge in [0, 0.05) is 10.1 Å². The summed E-state index contributed by atoms with van der Waals surface area (Å²) in [6, 6.07) is 8.44. The van der Waals surface area contributed by atoms with Crippen LogP contribution in [0.1, 0.15) is 85.8 Å². The largest absolute Gasteiger partial charge is 0.351 e. The maximum atomic E-state index is 12.4. The van der Waals surface area contributed by atoms with Gasteiger partial charge in [0.15, 0.2) is 0 Å². The van der Waals surface area contributed by atoms with Crippen LogP contribution in [0.4, 0.5) is 0 Å². The molecule has 0 aliphatic carbocycles. The Balaban J connectivity index is 2.64. The third kappa shape index (κ3) is 6.91. The Morgan fingerprint density at radius 2 is 1.29 bits per heavy atom. The molecule has 0 aliphatic rings. The van der Waals surface area contributed by atoms with Gasteiger partial charge in [-0.05, 0) is 63.5 Å². The van der Waals surface area contributed by atoms with E-state index in [1.807, 2.05) is 0 Å². The van der Waals surface area contributed by atoms with Crippen LogP contribution in [0.3, 0.4) is 0 Å². The molecule has 0 radical (unpaired) electrons. The Kier molecular flexibility index (Phi) is 7.80. The highest BCUT2D eigenvalue weighted by Crippen LogP contribution is 2.37. The van der Waals surface area contributed by atoms with E-state index in [-0.39, 0.29) is 5.41 Å². The summed E-state index contributed by atoms with van der Waals surface area (Å²) in [5.41, 5.74) is 0.527. The van der Waals surface area contributed by atoms with Crippen molar-refractivity contribution in [2.45, 2.75) is 80.1 Å². The second-order valence-corrected chi connectivity index (χ2v) is 9.85. The molecule has 0 heterocycles. The fourth-order valence-corrected chi connectivity index (χ4v) is 2.93. The maximum absolute atomic E-state index is 12.4. The van der Waals surface area contributed by atoms with E-state index in [4.69, 9.17) is 0 Å². The normalized spacial score (nSPS) is 12.8. The number of carbonyl (C=O) groups excluding carboxylic acids is 2. The molecule has 0 fully saturated rings. The van der Waals surface area contributed by atoms with Crippen LogP contribution in [0.2, 0.25) is 0 Å². The van der Waals surface area contributed by atoms with Gasteiger partial charge in [0.1, 0.15) is 0 Å². The van der Waals surface area contributed by atoms with Gasteiger partial charge in [-0.25, -0.2) is 9.59 Å². The first-order valence-electron chi connectivity index (χ1n) is 9.54. The average molecular weight is 395 g/mol. The molecule has 0 unspecified atom stereocenters. The second kappa shape index (κ2) is 9.05. The summed E-state index contributed by atoms with van der Waals surface area (Å²) in [6.07, 6.45) is 0.519. The molecule has 0 atom stereocenters. The van der Waals surface area contributed by atoms with Gasteiger partial charge in [0.05, 0.1) is 10.8 Å². The fraction of sp³-hybridized carbons (Fsp3) is 0.636. The minimum absolute atomic E-state index is 0.266. The van der Waals surface area contributed by atoms with E-state index >= 15 is 0 Å². The predicted octanol–water partition coefficient (Wildman–Crippen LogP) is 5.41. The molecule has 0 saturated carbocycles. The summed E-state index contributed by atoms with van der Waals surface area (Å²) in [7, 11) is 0. The minimum Gasteiger partial charge on any atom is -0.265 e. The van der Waals surface area contributed by atoms with Gasteiger partial charge in [0.2, 0.25) is 0 Å². The fourth-order valence-electron chi connectivity index (χ4n) is 2.93. The van der Waals surface area contributed by atoms with Gasteiger partial charge in [-0.3, -0.25) is 9.78 Å². The maximum Gasteiger partial charge on any atom is 0.351 e. The number of hydrogen-bond acceptors (Lipinski definition) is 6.